The van der Waals surface area contributed by atoms with Gasteiger partial charge in [0.05, 0.1) is 0 Å². The molecule has 10 heteroatoms. The van der Waals surface area contributed by atoms with Crippen molar-refractivity contribution >= 4 is 29.3 Å². The first-order valence-corrected chi connectivity index (χ1v) is 13.0. The zero-order valence-electron chi connectivity index (χ0n) is 20.9. The third-order valence-electron chi connectivity index (χ3n) is 8.11. The van der Waals surface area contributed by atoms with Crippen LogP contribution in [0, 0.1) is 23.0 Å². The topological polar surface area (TPSA) is 117 Å². The Hall–Kier alpha value is -3.82. The number of carboxylic acids is 1. The zero-order chi connectivity index (χ0) is 26.7. The van der Waals surface area contributed by atoms with E-state index in [0.717, 1.165) is 50.7 Å². The number of nitrogens with zero attached hydrogens (tertiary/aromatic N) is 2. The van der Waals surface area contributed by atoms with Crippen LogP contribution in [0.2, 0.25) is 0 Å². The standard InChI is InChI=1S/C28H30F2N4O4/c29-22-6-5-21(16-23(22)30)32-27-34-33-26(38-27)25(37)31-20-3-1-18(2-4-20)19-9-13-28(14-10-19)11-7-17(8-12-28)15-24(35)36/h1-6,16-17,19H,7-15H2,(H,31,37)(H,32,34)(H,35,36). The Morgan fingerprint density at radius 2 is 1.58 bits per heavy atom. The van der Waals surface area contributed by atoms with Gasteiger partial charge >= 0.3 is 23.8 Å². The van der Waals surface area contributed by atoms with Crippen LogP contribution in [0.25, 0.3) is 0 Å². The summed E-state index contributed by atoms with van der Waals surface area (Å²) in [4.78, 5) is 23.6. The smallest absolute Gasteiger partial charge is 0.320 e. The fraction of sp³-hybridized carbons (Fsp3) is 0.429. The second-order valence-electron chi connectivity index (χ2n) is 10.6. The number of hydrogen-bond donors (Lipinski definition) is 3. The predicted octanol–water partition coefficient (Wildman–Crippen LogP) is 6.65. The summed E-state index contributed by atoms with van der Waals surface area (Å²) in [7, 11) is 0. The average molecular weight is 525 g/mol. The van der Waals surface area contributed by atoms with Gasteiger partial charge in [-0.2, -0.15) is 0 Å². The fourth-order valence-corrected chi connectivity index (χ4v) is 5.89. The minimum atomic E-state index is -1.02. The lowest BCUT2D eigenvalue weighted by Gasteiger charge is -2.45. The number of carbonyl (C=O) groups is 2. The highest BCUT2D eigenvalue weighted by atomic mass is 19.2. The van der Waals surface area contributed by atoms with E-state index in [2.05, 4.69) is 20.8 Å². The van der Waals surface area contributed by atoms with Crippen LogP contribution in [-0.2, 0) is 4.79 Å². The van der Waals surface area contributed by atoms with Gasteiger partial charge in [-0.1, -0.05) is 17.2 Å². The lowest BCUT2D eigenvalue weighted by atomic mass is 9.60. The van der Waals surface area contributed by atoms with Crippen molar-refractivity contribution in [3.63, 3.8) is 0 Å². The molecule has 0 saturated heterocycles. The van der Waals surface area contributed by atoms with E-state index < -0.39 is 23.5 Å². The first-order chi connectivity index (χ1) is 18.3. The van der Waals surface area contributed by atoms with Crippen molar-refractivity contribution in [1.82, 2.24) is 10.2 Å². The number of carboxylic acid groups (broad SMARTS) is 1. The molecule has 0 atom stereocenters. The highest BCUT2D eigenvalue weighted by Gasteiger charge is 2.39. The Morgan fingerprint density at radius 1 is 0.921 bits per heavy atom. The molecule has 38 heavy (non-hydrogen) atoms. The number of benzene rings is 2. The van der Waals surface area contributed by atoms with E-state index >= 15 is 0 Å². The third kappa shape index (κ3) is 6.00. The van der Waals surface area contributed by atoms with Crippen LogP contribution < -0.4 is 10.6 Å². The molecule has 0 aliphatic heterocycles. The number of rotatable bonds is 7. The number of anilines is 3. The number of hydrogen-bond acceptors (Lipinski definition) is 6. The van der Waals surface area contributed by atoms with Crippen molar-refractivity contribution < 1.29 is 27.9 Å². The number of amides is 1. The molecule has 2 saturated carbocycles. The Morgan fingerprint density at radius 3 is 2.24 bits per heavy atom. The molecule has 0 radical (unpaired) electrons. The minimum absolute atomic E-state index is 0.123. The summed E-state index contributed by atoms with van der Waals surface area (Å²) in [5.41, 5.74) is 2.42. The van der Waals surface area contributed by atoms with E-state index in [0.29, 0.717) is 29.4 Å². The number of carbonyl (C=O) groups excluding carboxylic acids is 1. The van der Waals surface area contributed by atoms with E-state index in [-0.39, 0.29) is 17.6 Å². The summed E-state index contributed by atoms with van der Waals surface area (Å²) in [6.07, 6.45) is 9.19. The SMILES string of the molecule is O=C(O)CC1CCC2(CC1)CCC(c1ccc(NC(=O)c3nnc(Nc4ccc(F)c(F)c4)o3)cc1)CC2. The van der Waals surface area contributed by atoms with Gasteiger partial charge in [0, 0.05) is 23.9 Å². The van der Waals surface area contributed by atoms with Crippen LogP contribution in [0.15, 0.2) is 46.9 Å². The van der Waals surface area contributed by atoms with Gasteiger partial charge in [0.2, 0.25) is 0 Å². The molecule has 1 heterocycles. The molecule has 3 aromatic rings. The third-order valence-corrected chi connectivity index (χ3v) is 8.11. The maximum absolute atomic E-state index is 13.4. The molecule has 5 rings (SSSR count). The highest BCUT2D eigenvalue weighted by molar-refractivity contribution is 6.00. The lowest BCUT2D eigenvalue weighted by molar-refractivity contribution is -0.138. The number of nitrogens with one attached hydrogen (secondary N) is 2. The van der Waals surface area contributed by atoms with Gasteiger partial charge in [0.15, 0.2) is 11.6 Å². The van der Waals surface area contributed by atoms with Crippen LogP contribution in [0.5, 0.6) is 0 Å². The first-order valence-electron chi connectivity index (χ1n) is 13.0. The summed E-state index contributed by atoms with van der Waals surface area (Å²) in [6, 6.07) is 10.9. The molecule has 3 N–H and O–H groups in total. The van der Waals surface area contributed by atoms with Crippen molar-refractivity contribution in [2.24, 2.45) is 11.3 Å². The molecule has 0 unspecified atom stereocenters. The van der Waals surface area contributed by atoms with Crippen molar-refractivity contribution in [2.75, 3.05) is 10.6 Å². The normalized spacial score (nSPS) is 23.2. The average Bonchev–Trinajstić information content (AvgIpc) is 3.37. The van der Waals surface area contributed by atoms with Gasteiger partial charge in [-0.15, -0.1) is 5.10 Å². The molecular weight excluding hydrogens is 494 g/mol. The van der Waals surface area contributed by atoms with Gasteiger partial charge < -0.3 is 20.2 Å². The van der Waals surface area contributed by atoms with Gasteiger partial charge in [-0.3, -0.25) is 9.59 Å². The molecule has 1 spiro atoms. The molecular formula is C28H30F2N4O4. The van der Waals surface area contributed by atoms with Crippen LogP contribution >= 0.6 is 0 Å². The van der Waals surface area contributed by atoms with Crippen LogP contribution in [0.1, 0.15) is 80.0 Å². The highest BCUT2D eigenvalue weighted by Crippen LogP contribution is 2.52. The van der Waals surface area contributed by atoms with E-state index in [4.69, 9.17) is 9.52 Å². The number of halogens is 2. The minimum Gasteiger partial charge on any atom is -0.481 e. The van der Waals surface area contributed by atoms with Gasteiger partial charge in [-0.05, 0) is 98.4 Å². The lowest BCUT2D eigenvalue weighted by Crippen LogP contribution is -2.32. The van der Waals surface area contributed by atoms with Gasteiger partial charge in [0.25, 0.3) is 0 Å². The summed E-state index contributed by atoms with van der Waals surface area (Å²) in [5, 5.41) is 21.9. The van der Waals surface area contributed by atoms with Gasteiger partial charge in [-0.25, -0.2) is 8.78 Å². The molecule has 8 nitrogen and oxygen atoms in total. The van der Waals surface area contributed by atoms with Crippen molar-refractivity contribution in [1.29, 1.82) is 0 Å². The Labute approximate surface area is 218 Å². The summed E-state index contributed by atoms with van der Waals surface area (Å²) in [5.74, 6) is -2.74. The summed E-state index contributed by atoms with van der Waals surface area (Å²) in [6.45, 7) is 0. The molecule has 2 aliphatic carbocycles. The molecule has 2 aromatic carbocycles. The molecule has 0 bridgehead atoms. The van der Waals surface area contributed by atoms with Crippen molar-refractivity contribution in [2.45, 2.75) is 63.7 Å². The molecule has 2 fully saturated rings. The molecule has 200 valence electrons. The number of aromatic nitrogens is 2. The van der Waals surface area contributed by atoms with Crippen molar-refractivity contribution in [3.8, 4) is 0 Å². The van der Waals surface area contributed by atoms with Crippen LogP contribution in [0.4, 0.5) is 26.2 Å². The number of aliphatic carboxylic acids is 1. The molecule has 1 aromatic heterocycles. The molecule has 1 amide bonds. The van der Waals surface area contributed by atoms with Crippen molar-refractivity contribution in [3.05, 3.63) is 65.6 Å². The second-order valence-corrected chi connectivity index (χ2v) is 10.6. The van der Waals surface area contributed by atoms with Crippen LogP contribution in [0.3, 0.4) is 0 Å². The largest absolute Gasteiger partial charge is 0.481 e. The first kappa shape index (κ1) is 25.8. The second kappa shape index (κ2) is 10.9. The predicted molar refractivity (Wildman–Crippen MR) is 136 cm³/mol. The Balaban J connectivity index is 1.12. The van der Waals surface area contributed by atoms with Gasteiger partial charge in [0.1, 0.15) is 0 Å². The maximum Gasteiger partial charge on any atom is 0.320 e. The Bertz CT molecular complexity index is 1290. The fourth-order valence-electron chi connectivity index (χ4n) is 5.89. The van der Waals surface area contributed by atoms with E-state index in [1.165, 1.54) is 24.5 Å². The van der Waals surface area contributed by atoms with E-state index in [1.54, 1.807) is 0 Å². The van der Waals surface area contributed by atoms with E-state index in [1.807, 2.05) is 24.3 Å². The molecule has 2 aliphatic rings. The van der Waals surface area contributed by atoms with E-state index in [9.17, 15) is 18.4 Å². The maximum atomic E-state index is 13.4. The summed E-state index contributed by atoms with van der Waals surface area (Å²) < 4.78 is 31.8. The monoisotopic (exact) mass is 524 g/mol. The Kier molecular flexibility index (Phi) is 7.40. The zero-order valence-corrected chi connectivity index (χ0v) is 20.9. The summed E-state index contributed by atoms with van der Waals surface area (Å²) >= 11 is 0. The quantitative estimate of drug-likeness (QED) is 0.317. The van der Waals surface area contributed by atoms with Crippen LogP contribution in [-0.4, -0.2) is 27.2 Å².